The summed E-state index contributed by atoms with van der Waals surface area (Å²) in [5, 5.41) is 20.5. The minimum Gasteiger partial charge on any atom is -0.395 e. The maximum Gasteiger partial charge on any atom is 0.311 e. The smallest absolute Gasteiger partial charge is 0.311 e. The van der Waals surface area contributed by atoms with Crippen LogP contribution in [0.4, 0.5) is 17.3 Å². The summed E-state index contributed by atoms with van der Waals surface area (Å²) >= 11 is 0. The molecule has 0 aromatic carbocycles. The molecule has 0 bridgehead atoms. The van der Waals surface area contributed by atoms with Crippen LogP contribution in [0.15, 0.2) is 12.1 Å². The fourth-order valence-corrected chi connectivity index (χ4v) is 2.84. The zero-order valence-electron chi connectivity index (χ0n) is 11.9. The van der Waals surface area contributed by atoms with E-state index in [1.54, 1.807) is 0 Å². The summed E-state index contributed by atoms with van der Waals surface area (Å²) in [7, 11) is 0. The number of hydrogen-bond donors (Lipinski definition) is 3. The molecule has 0 amide bonds. The highest BCUT2D eigenvalue weighted by molar-refractivity contribution is 5.62. The minimum atomic E-state index is -0.449. The molecule has 1 aromatic heterocycles. The number of anilines is 2. The Morgan fingerprint density at radius 1 is 1.43 bits per heavy atom. The Hall–Kier alpha value is -1.93. The van der Waals surface area contributed by atoms with Gasteiger partial charge in [0.1, 0.15) is 5.82 Å². The number of aliphatic hydroxyl groups is 1. The first kappa shape index (κ1) is 15.5. The van der Waals surface area contributed by atoms with E-state index in [1.807, 2.05) is 4.90 Å². The first-order valence-electron chi connectivity index (χ1n) is 7.17. The molecular weight excluding hydrogens is 274 g/mol. The van der Waals surface area contributed by atoms with Crippen molar-refractivity contribution >= 4 is 17.3 Å². The third kappa shape index (κ3) is 3.59. The SMILES string of the molecule is NNc1ccc([N+](=O)[O-])c(N(CCO)C2CCCCC2)n1. The normalized spacial score (nSPS) is 15.7. The largest absolute Gasteiger partial charge is 0.395 e. The van der Waals surface area contributed by atoms with Crippen molar-refractivity contribution in [1.82, 2.24) is 4.98 Å². The third-order valence-electron chi connectivity index (χ3n) is 3.83. The topological polar surface area (TPSA) is 118 Å². The molecule has 4 N–H and O–H groups in total. The van der Waals surface area contributed by atoms with Crippen molar-refractivity contribution in [2.24, 2.45) is 5.84 Å². The van der Waals surface area contributed by atoms with E-state index >= 15 is 0 Å². The van der Waals surface area contributed by atoms with Gasteiger partial charge in [0.15, 0.2) is 0 Å². The number of hydrazine groups is 1. The molecule has 0 unspecified atom stereocenters. The number of hydrogen-bond acceptors (Lipinski definition) is 7. The number of pyridine rings is 1. The molecule has 116 valence electrons. The van der Waals surface area contributed by atoms with Gasteiger partial charge < -0.3 is 15.4 Å². The molecule has 8 heteroatoms. The van der Waals surface area contributed by atoms with E-state index in [0.717, 1.165) is 25.7 Å². The molecule has 21 heavy (non-hydrogen) atoms. The van der Waals surface area contributed by atoms with Gasteiger partial charge in [-0.15, -0.1) is 0 Å². The molecule has 0 radical (unpaired) electrons. The van der Waals surface area contributed by atoms with Gasteiger partial charge in [-0.25, -0.2) is 10.8 Å². The highest BCUT2D eigenvalue weighted by Crippen LogP contribution is 2.32. The van der Waals surface area contributed by atoms with Gasteiger partial charge in [-0.05, 0) is 18.9 Å². The summed E-state index contributed by atoms with van der Waals surface area (Å²) < 4.78 is 0. The summed E-state index contributed by atoms with van der Waals surface area (Å²) in [4.78, 5) is 16.9. The number of nitro groups is 1. The van der Waals surface area contributed by atoms with Gasteiger partial charge in [-0.1, -0.05) is 19.3 Å². The summed E-state index contributed by atoms with van der Waals surface area (Å²) in [6, 6.07) is 3.04. The van der Waals surface area contributed by atoms with Gasteiger partial charge in [-0.2, -0.15) is 0 Å². The number of rotatable bonds is 6. The van der Waals surface area contributed by atoms with Crippen molar-refractivity contribution in [3.8, 4) is 0 Å². The van der Waals surface area contributed by atoms with Gasteiger partial charge in [0, 0.05) is 18.7 Å². The van der Waals surface area contributed by atoms with E-state index in [4.69, 9.17) is 5.84 Å². The Bertz CT molecular complexity index is 491. The van der Waals surface area contributed by atoms with Gasteiger partial charge in [0.05, 0.1) is 11.5 Å². The standard InChI is InChI=1S/C13H21N5O3/c14-16-12-7-6-11(18(20)21)13(15-12)17(8-9-19)10-4-2-1-3-5-10/h6-7,10,19H,1-5,8-9,14H2,(H,15,16). The second kappa shape index (κ2) is 7.19. The molecule has 1 aromatic rings. The van der Waals surface area contributed by atoms with Crippen LogP contribution in [0.3, 0.4) is 0 Å². The fraction of sp³-hybridized carbons (Fsp3) is 0.615. The lowest BCUT2D eigenvalue weighted by Crippen LogP contribution is -2.40. The van der Waals surface area contributed by atoms with Crippen LogP contribution in [0.25, 0.3) is 0 Å². The van der Waals surface area contributed by atoms with Gasteiger partial charge in [0.2, 0.25) is 5.82 Å². The lowest BCUT2D eigenvalue weighted by molar-refractivity contribution is -0.384. The Morgan fingerprint density at radius 2 is 2.14 bits per heavy atom. The maximum absolute atomic E-state index is 11.2. The molecule has 0 aliphatic heterocycles. The molecule has 1 aliphatic rings. The van der Waals surface area contributed by atoms with E-state index in [2.05, 4.69) is 10.4 Å². The number of nitrogen functional groups attached to an aromatic ring is 1. The van der Waals surface area contributed by atoms with Crippen LogP contribution in [0.1, 0.15) is 32.1 Å². The first-order valence-corrected chi connectivity index (χ1v) is 7.17. The van der Waals surface area contributed by atoms with E-state index in [0.29, 0.717) is 12.4 Å². The molecule has 1 heterocycles. The third-order valence-corrected chi connectivity index (χ3v) is 3.83. The zero-order valence-corrected chi connectivity index (χ0v) is 11.9. The summed E-state index contributed by atoms with van der Waals surface area (Å²) in [6.07, 6.45) is 5.28. The number of nitrogens with one attached hydrogen (secondary N) is 1. The van der Waals surface area contributed by atoms with Crippen LogP contribution < -0.4 is 16.2 Å². The van der Waals surface area contributed by atoms with Crippen LogP contribution in [0.2, 0.25) is 0 Å². The molecule has 1 fully saturated rings. The van der Waals surface area contributed by atoms with E-state index in [-0.39, 0.29) is 24.2 Å². The molecule has 0 spiro atoms. The lowest BCUT2D eigenvalue weighted by atomic mass is 9.94. The Balaban J connectivity index is 2.39. The van der Waals surface area contributed by atoms with Crippen molar-refractivity contribution in [3.05, 3.63) is 22.2 Å². The molecule has 0 atom stereocenters. The quantitative estimate of drug-likeness (QED) is 0.412. The highest BCUT2D eigenvalue weighted by atomic mass is 16.6. The maximum atomic E-state index is 11.2. The van der Waals surface area contributed by atoms with Crippen molar-refractivity contribution in [3.63, 3.8) is 0 Å². The first-order chi connectivity index (χ1) is 10.2. The molecule has 2 rings (SSSR count). The second-order valence-corrected chi connectivity index (χ2v) is 5.15. The van der Waals surface area contributed by atoms with Gasteiger partial charge in [-0.3, -0.25) is 10.1 Å². The second-order valence-electron chi connectivity index (χ2n) is 5.15. The highest BCUT2D eigenvalue weighted by Gasteiger charge is 2.28. The number of aliphatic hydroxyl groups excluding tert-OH is 1. The summed E-state index contributed by atoms with van der Waals surface area (Å²) in [6.45, 7) is 0.252. The molecule has 0 saturated heterocycles. The molecule has 1 saturated carbocycles. The van der Waals surface area contributed by atoms with Crippen LogP contribution in [-0.4, -0.2) is 34.2 Å². The summed E-state index contributed by atoms with van der Waals surface area (Å²) in [5.41, 5.74) is 2.35. The zero-order chi connectivity index (χ0) is 15.2. The number of aromatic nitrogens is 1. The Morgan fingerprint density at radius 3 is 2.71 bits per heavy atom. The van der Waals surface area contributed by atoms with Crippen LogP contribution in [0, 0.1) is 10.1 Å². The van der Waals surface area contributed by atoms with E-state index in [1.165, 1.54) is 18.6 Å². The van der Waals surface area contributed by atoms with Crippen LogP contribution >= 0.6 is 0 Å². The van der Waals surface area contributed by atoms with Gasteiger partial charge >= 0.3 is 5.69 Å². The molecular formula is C13H21N5O3. The number of nitrogens with zero attached hydrogens (tertiary/aromatic N) is 3. The monoisotopic (exact) mass is 295 g/mol. The molecule has 8 nitrogen and oxygen atoms in total. The van der Waals surface area contributed by atoms with E-state index < -0.39 is 4.92 Å². The Kier molecular flexibility index (Phi) is 5.29. The van der Waals surface area contributed by atoms with Crippen LogP contribution in [-0.2, 0) is 0 Å². The average Bonchev–Trinajstić information content (AvgIpc) is 2.52. The lowest BCUT2D eigenvalue weighted by Gasteiger charge is -2.34. The number of nitrogens with two attached hydrogens (primary N) is 1. The van der Waals surface area contributed by atoms with Crippen molar-refractivity contribution < 1.29 is 10.0 Å². The summed E-state index contributed by atoms with van der Waals surface area (Å²) in [5.74, 6) is 5.99. The van der Waals surface area contributed by atoms with Gasteiger partial charge in [0.25, 0.3) is 0 Å². The van der Waals surface area contributed by atoms with E-state index in [9.17, 15) is 15.2 Å². The predicted octanol–water partition coefficient (Wildman–Crippen LogP) is 1.41. The molecule has 1 aliphatic carbocycles. The minimum absolute atomic E-state index is 0.0620. The van der Waals surface area contributed by atoms with Crippen LogP contribution in [0.5, 0.6) is 0 Å². The average molecular weight is 295 g/mol. The predicted molar refractivity (Wildman–Crippen MR) is 80.0 cm³/mol. The fourth-order valence-electron chi connectivity index (χ4n) is 2.84. The van der Waals surface area contributed by atoms with Crippen molar-refractivity contribution in [2.45, 2.75) is 38.1 Å². The Labute approximate surface area is 123 Å². The van der Waals surface area contributed by atoms with Crippen molar-refractivity contribution in [1.29, 1.82) is 0 Å². The van der Waals surface area contributed by atoms with Crippen molar-refractivity contribution in [2.75, 3.05) is 23.5 Å².